The van der Waals surface area contributed by atoms with E-state index in [9.17, 15) is 9.59 Å². The summed E-state index contributed by atoms with van der Waals surface area (Å²) in [4.78, 5) is 24.7. The molecular formula is C20H21NO3. The summed E-state index contributed by atoms with van der Waals surface area (Å²) in [7, 11) is 0. The zero-order chi connectivity index (χ0) is 17.5. The van der Waals surface area contributed by atoms with E-state index in [1.807, 2.05) is 49.4 Å². The molecule has 0 bridgehead atoms. The highest BCUT2D eigenvalue weighted by Crippen LogP contribution is 2.10. The molecule has 2 aromatic carbocycles. The minimum Gasteiger partial charge on any atom is -0.458 e. The highest BCUT2D eigenvalue weighted by Gasteiger charge is 2.17. The number of nitrogens with one attached hydrogen (secondary N) is 1. The molecule has 4 nitrogen and oxygen atoms in total. The Morgan fingerprint density at radius 1 is 1.00 bits per heavy atom. The first kappa shape index (κ1) is 17.5. The second-order valence-corrected chi connectivity index (χ2v) is 5.74. The Kier molecular flexibility index (Phi) is 5.90. The van der Waals surface area contributed by atoms with Crippen molar-refractivity contribution < 1.29 is 14.3 Å². The summed E-state index contributed by atoms with van der Waals surface area (Å²) in [6, 6.07) is 16.4. The largest absolute Gasteiger partial charge is 0.458 e. The lowest BCUT2D eigenvalue weighted by atomic mass is 10.1. The van der Waals surface area contributed by atoms with Gasteiger partial charge in [-0.15, -0.1) is 0 Å². The number of ether oxygens (including phenoxy) is 1. The molecule has 0 aliphatic carbocycles. The van der Waals surface area contributed by atoms with Gasteiger partial charge in [0.1, 0.15) is 5.70 Å². The van der Waals surface area contributed by atoms with E-state index >= 15 is 0 Å². The standard InChI is InChI=1S/C20H21NO3/c1-14(2)24-20(23)18(13-16-7-5-4-6-8-16)21-19(22)17-11-9-15(3)10-12-17/h4-14H,1-3H3,(H,21,22)/b18-13-. The van der Waals surface area contributed by atoms with E-state index in [4.69, 9.17) is 4.74 Å². The first-order valence-corrected chi connectivity index (χ1v) is 7.81. The monoisotopic (exact) mass is 323 g/mol. The molecule has 0 saturated heterocycles. The Bertz CT molecular complexity index is 731. The number of rotatable bonds is 5. The van der Waals surface area contributed by atoms with Crippen molar-refractivity contribution in [3.05, 3.63) is 77.0 Å². The lowest BCUT2D eigenvalue weighted by Crippen LogP contribution is -2.29. The van der Waals surface area contributed by atoms with Gasteiger partial charge in [0.15, 0.2) is 0 Å². The summed E-state index contributed by atoms with van der Waals surface area (Å²) >= 11 is 0. The van der Waals surface area contributed by atoms with Gasteiger partial charge in [0, 0.05) is 5.56 Å². The molecule has 0 unspecified atom stereocenters. The SMILES string of the molecule is Cc1ccc(C(=O)N/C(=C\c2ccccc2)C(=O)OC(C)C)cc1. The molecule has 0 aliphatic heterocycles. The Balaban J connectivity index is 2.25. The maximum Gasteiger partial charge on any atom is 0.355 e. The second-order valence-electron chi connectivity index (χ2n) is 5.74. The Hall–Kier alpha value is -2.88. The minimum absolute atomic E-state index is 0.112. The minimum atomic E-state index is -0.561. The molecule has 0 radical (unpaired) electrons. The summed E-state index contributed by atoms with van der Waals surface area (Å²) in [6.07, 6.45) is 1.34. The van der Waals surface area contributed by atoms with E-state index in [2.05, 4.69) is 5.32 Å². The third-order valence-corrected chi connectivity index (χ3v) is 3.24. The molecule has 4 heteroatoms. The summed E-state index contributed by atoms with van der Waals surface area (Å²) in [5.74, 6) is -0.910. The van der Waals surface area contributed by atoms with Gasteiger partial charge in [-0.25, -0.2) is 4.79 Å². The number of hydrogen-bond acceptors (Lipinski definition) is 3. The fourth-order valence-corrected chi connectivity index (χ4v) is 2.04. The fourth-order valence-electron chi connectivity index (χ4n) is 2.04. The van der Waals surface area contributed by atoms with Crippen LogP contribution in [0.2, 0.25) is 0 Å². The van der Waals surface area contributed by atoms with Gasteiger partial charge in [-0.1, -0.05) is 48.0 Å². The predicted molar refractivity (Wildman–Crippen MR) is 94.3 cm³/mol. The highest BCUT2D eigenvalue weighted by atomic mass is 16.5. The molecule has 2 aromatic rings. The quantitative estimate of drug-likeness (QED) is 0.674. The number of amides is 1. The van der Waals surface area contributed by atoms with Gasteiger partial charge in [-0.2, -0.15) is 0 Å². The van der Waals surface area contributed by atoms with E-state index in [1.54, 1.807) is 32.1 Å². The van der Waals surface area contributed by atoms with Crippen LogP contribution in [0.5, 0.6) is 0 Å². The van der Waals surface area contributed by atoms with Crippen LogP contribution in [-0.2, 0) is 9.53 Å². The Labute approximate surface area is 142 Å². The summed E-state index contributed by atoms with van der Waals surface area (Å²) in [6.45, 7) is 5.47. The van der Waals surface area contributed by atoms with E-state index in [1.165, 1.54) is 0 Å². The molecular weight excluding hydrogens is 302 g/mol. The lowest BCUT2D eigenvalue weighted by Gasteiger charge is -2.12. The molecule has 124 valence electrons. The Morgan fingerprint density at radius 3 is 2.21 bits per heavy atom. The van der Waals surface area contributed by atoms with Crippen molar-refractivity contribution in [1.82, 2.24) is 5.32 Å². The van der Waals surface area contributed by atoms with Gasteiger partial charge in [0.05, 0.1) is 6.10 Å². The number of benzene rings is 2. The lowest BCUT2D eigenvalue weighted by molar-refractivity contribution is -0.142. The normalized spacial score (nSPS) is 11.2. The van der Waals surface area contributed by atoms with Crippen molar-refractivity contribution in [1.29, 1.82) is 0 Å². The third kappa shape index (κ3) is 5.09. The fraction of sp³-hybridized carbons (Fsp3) is 0.200. The number of hydrogen-bond donors (Lipinski definition) is 1. The van der Waals surface area contributed by atoms with Crippen molar-refractivity contribution in [2.45, 2.75) is 26.9 Å². The van der Waals surface area contributed by atoms with Gasteiger partial charge >= 0.3 is 5.97 Å². The smallest absolute Gasteiger partial charge is 0.355 e. The van der Waals surface area contributed by atoms with E-state index in [-0.39, 0.29) is 17.7 Å². The van der Waals surface area contributed by atoms with Gasteiger partial charge in [0.25, 0.3) is 5.91 Å². The molecule has 0 heterocycles. The van der Waals surface area contributed by atoms with Crippen molar-refractivity contribution in [3.63, 3.8) is 0 Å². The third-order valence-electron chi connectivity index (χ3n) is 3.24. The molecule has 1 N–H and O–H groups in total. The number of esters is 1. The molecule has 0 spiro atoms. The average Bonchev–Trinajstić information content (AvgIpc) is 2.55. The first-order chi connectivity index (χ1) is 11.5. The summed E-state index contributed by atoms with van der Waals surface area (Å²) < 4.78 is 5.22. The number of aryl methyl sites for hydroxylation is 1. The zero-order valence-corrected chi connectivity index (χ0v) is 14.1. The number of carbonyl (C=O) groups excluding carboxylic acids is 2. The van der Waals surface area contributed by atoms with Crippen molar-refractivity contribution in [3.8, 4) is 0 Å². The maximum absolute atomic E-state index is 12.4. The second kappa shape index (κ2) is 8.11. The van der Waals surface area contributed by atoms with Crippen LogP contribution in [0, 0.1) is 6.92 Å². The Morgan fingerprint density at radius 2 is 1.62 bits per heavy atom. The summed E-state index contributed by atoms with van der Waals surface area (Å²) in [5.41, 5.74) is 2.46. The number of carbonyl (C=O) groups is 2. The molecule has 0 fully saturated rings. The van der Waals surface area contributed by atoms with Crippen LogP contribution in [-0.4, -0.2) is 18.0 Å². The van der Waals surface area contributed by atoms with Gasteiger partial charge in [-0.05, 0) is 44.5 Å². The predicted octanol–water partition coefficient (Wildman–Crippen LogP) is 3.72. The van der Waals surface area contributed by atoms with Crippen LogP contribution in [0.3, 0.4) is 0 Å². The van der Waals surface area contributed by atoms with E-state index in [0.29, 0.717) is 5.56 Å². The molecule has 2 rings (SSSR count). The maximum atomic E-state index is 12.4. The van der Waals surface area contributed by atoms with Gasteiger partial charge < -0.3 is 10.1 Å². The summed E-state index contributed by atoms with van der Waals surface area (Å²) in [5, 5.41) is 2.65. The van der Waals surface area contributed by atoms with Gasteiger partial charge in [0.2, 0.25) is 0 Å². The van der Waals surface area contributed by atoms with Crippen LogP contribution in [0.4, 0.5) is 0 Å². The molecule has 0 saturated carbocycles. The average molecular weight is 323 g/mol. The van der Waals surface area contributed by atoms with Crippen molar-refractivity contribution in [2.75, 3.05) is 0 Å². The molecule has 0 aliphatic rings. The molecule has 1 amide bonds. The van der Waals surface area contributed by atoms with Gasteiger partial charge in [-0.3, -0.25) is 4.79 Å². The molecule has 0 atom stereocenters. The van der Waals surface area contributed by atoms with Crippen LogP contribution in [0.15, 0.2) is 60.3 Å². The first-order valence-electron chi connectivity index (χ1n) is 7.81. The zero-order valence-electron chi connectivity index (χ0n) is 14.1. The van der Waals surface area contributed by atoms with Crippen LogP contribution >= 0.6 is 0 Å². The van der Waals surface area contributed by atoms with E-state index in [0.717, 1.165) is 11.1 Å². The van der Waals surface area contributed by atoms with E-state index < -0.39 is 5.97 Å². The topological polar surface area (TPSA) is 55.4 Å². The van der Waals surface area contributed by atoms with Crippen molar-refractivity contribution >= 4 is 18.0 Å². The highest BCUT2D eigenvalue weighted by molar-refractivity contribution is 6.03. The van der Waals surface area contributed by atoms with Crippen LogP contribution < -0.4 is 5.32 Å². The van der Waals surface area contributed by atoms with Crippen molar-refractivity contribution in [2.24, 2.45) is 0 Å². The molecule has 24 heavy (non-hydrogen) atoms. The van der Waals surface area contributed by atoms with Crippen LogP contribution in [0.1, 0.15) is 35.3 Å². The molecule has 0 aromatic heterocycles. The van der Waals surface area contributed by atoms with Crippen LogP contribution in [0.25, 0.3) is 6.08 Å².